The summed E-state index contributed by atoms with van der Waals surface area (Å²) in [7, 11) is 0. The number of hydrogen-bond donors (Lipinski definition) is 0. The van der Waals surface area contributed by atoms with E-state index in [1.807, 2.05) is 0 Å². The second-order valence-electron chi connectivity index (χ2n) is 4.82. The van der Waals surface area contributed by atoms with Crippen molar-refractivity contribution in [2.75, 3.05) is 0 Å². The van der Waals surface area contributed by atoms with Gasteiger partial charge >= 0.3 is 23.9 Å². The largest absolute Gasteiger partial charge is 0.454 e. The lowest BCUT2D eigenvalue weighted by molar-refractivity contribution is -0.196. The molecule has 0 aromatic carbocycles. The third-order valence-corrected chi connectivity index (χ3v) is 2.99. The summed E-state index contributed by atoms with van der Waals surface area (Å²) in [5, 5.41) is -2.63. The van der Waals surface area contributed by atoms with Crippen LogP contribution in [0.4, 0.5) is 0 Å². The van der Waals surface area contributed by atoms with Crippen LogP contribution in [0.5, 0.6) is 0 Å². The van der Waals surface area contributed by atoms with E-state index in [0.717, 1.165) is 27.7 Å². The number of carbonyl (C=O) groups excluding carboxylic acids is 6. The smallest absolute Gasteiger partial charge is 0.303 e. The van der Waals surface area contributed by atoms with Crippen molar-refractivity contribution in [2.24, 2.45) is 0 Å². The van der Waals surface area contributed by atoms with Crippen molar-refractivity contribution in [1.82, 2.24) is 0 Å². The highest BCUT2D eigenvalue weighted by Crippen LogP contribution is 2.22. The SMILES string of the molecule is CC(=O)OC(C(=O)Cl)C(OC(C)=O)C(OC(C)=O)C(OC(C)=O)C(=O)Cl. The maximum Gasteiger partial charge on any atom is 0.303 e. The molecular formula is C14H16Cl2O10. The molecular weight excluding hydrogens is 399 g/mol. The predicted molar refractivity (Wildman–Crippen MR) is 83.9 cm³/mol. The molecule has 0 saturated heterocycles. The van der Waals surface area contributed by atoms with Crippen molar-refractivity contribution < 1.29 is 47.7 Å². The Morgan fingerprint density at radius 2 is 0.769 bits per heavy atom. The van der Waals surface area contributed by atoms with E-state index in [0.29, 0.717) is 0 Å². The molecule has 0 aliphatic carbocycles. The van der Waals surface area contributed by atoms with Crippen LogP contribution in [-0.2, 0) is 47.7 Å². The van der Waals surface area contributed by atoms with Gasteiger partial charge in [-0.25, -0.2) is 0 Å². The second kappa shape index (κ2) is 10.7. The van der Waals surface area contributed by atoms with Crippen LogP contribution in [0.1, 0.15) is 27.7 Å². The zero-order valence-electron chi connectivity index (χ0n) is 14.1. The summed E-state index contributed by atoms with van der Waals surface area (Å²) in [4.78, 5) is 68.5. The quantitative estimate of drug-likeness (QED) is 0.292. The molecule has 0 bridgehead atoms. The molecule has 0 aliphatic heterocycles. The predicted octanol–water partition coefficient (Wildman–Crippen LogP) is 0.244. The molecule has 0 heterocycles. The van der Waals surface area contributed by atoms with Crippen LogP contribution in [0, 0.1) is 0 Å². The Labute approximate surface area is 158 Å². The second-order valence-corrected chi connectivity index (χ2v) is 5.56. The lowest BCUT2D eigenvalue weighted by Crippen LogP contribution is -2.54. The minimum atomic E-state index is -1.98. The van der Waals surface area contributed by atoms with Crippen molar-refractivity contribution in [3.05, 3.63) is 0 Å². The van der Waals surface area contributed by atoms with Crippen LogP contribution in [0.3, 0.4) is 0 Å². The minimum absolute atomic E-state index is 0.921. The first-order valence-corrected chi connectivity index (χ1v) is 7.70. The maximum atomic E-state index is 11.6. The van der Waals surface area contributed by atoms with Crippen molar-refractivity contribution in [2.45, 2.75) is 52.1 Å². The molecule has 0 amide bonds. The molecule has 0 aromatic heterocycles. The molecule has 12 heteroatoms. The van der Waals surface area contributed by atoms with E-state index in [1.165, 1.54) is 0 Å². The molecule has 0 spiro atoms. The van der Waals surface area contributed by atoms with E-state index >= 15 is 0 Å². The Kier molecular flexibility index (Phi) is 9.81. The van der Waals surface area contributed by atoms with Crippen molar-refractivity contribution in [3.63, 3.8) is 0 Å². The summed E-state index contributed by atoms with van der Waals surface area (Å²) < 4.78 is 19.1. The van der Waals surface area contributed by atoms with Crippen molar-refractivity contribution in [1.29, 1.82) is 0 Å². The molecule has 4 unspecified atom stereocenters. The first-order valence-electron chi connectivity index (χ1n) is 6.94. The average molecular weight is 415 g/mol. The molecule has 0 saturated carbocycles. The fourth-order valence-corrected chi connectivity index (χ4v) is 2.17. The third-order valence-electron chi connectivity index (χ3n) is 2.56. The molecule has 10 nitrogen and oxygen atoms in total. The first kappa shape index (κ1) is 23.8. The lowest BCUT2D eigenvalue weighted by atomic mass is 10.0. The zero-order valence-corrected chi connectivity index (χ0v) is 15.7. The molecule has 146 valence electrons. The fraction of sp³-hybridized carbons (Fsp3) is 0.571. The van der Waals surface area contributed by atoms with Gasteiger partial charge < -0.3 is 18.9 Å². The lowest BCUT2D eigenvalue weighted by Gasteiger charge is -2.32. The van der Waals surface area contributed by atoms with E-state index < -0.39 is 58.8 Å². The van der Waals surface area contributed by atoms with Gasteiger partial charge in [-0.1, -0.05) is 0 Å². The number of esters is 4. The molecule has 0 N–H and O–H groups in total. The number of ether oxygens (including phenoxy) is 4. The number of carbonyl (C=O) groups is 6. The topological polar surface area (TPSA) is 139 Å². The van der Waals surface area contributed by atoms with Crippen LogP contribution < -0.4 is 0 Å². The van der Waals surface area contributed by atoms with Gasteiger partial charge in [0.05, 0.1) is 0 Å². The maximum absolute atomic E-state index is 11.6. The summed E-state index contributed by atoms with van der Waals surface area (Å²) in [6.07, 6.45) is -7.79. The average Bonchev–Trinajstić information content (AvgIpc) is 2.44. The van der Waals surface area contributed by atoms with Gasteiger partial charge in [0, 0.05) is 27.7 Å². The Morgan fingerprint density at radius 1 is 0.538 bits per heavy atom. The standard InChI is InChI=1S/C14H16Cl2O10/c1-5(17)23-9(11(13(15)21)25-7(3)19)10(24-6(2)18)12(14(16)22)26-8(4)20/h9-12H,1-4H3. The molecule has 0 fully saturated rings. The van der Waals surface area contributed by atoms with E-state index in [4.69, 9.17) is 32.7 Å². The Bertz CT molecular complexity index is 551. The van der Waals surface area contributed by atoms with Gasteiger partial charge in [-0.15, -0.1) is 0 Å². The van der Waals surface area contributed by atoms with E-state index in [1.54, 1.807) is 0 Å². The van der Waals surface area contributed by atoms with E-state index in [9.17, 15) is 28.8 Å². The summed E-state index contributed by atoms with van der Waals surface area (Å²) in [5.41, 5.74) is 0. The van der Waals surface area contributed by atoms with Crippen molar-refractivity contribution in [3.8, 4) is 0 Å². The van der Waals surface area contributed by atoms with Crippen molar-refractivity contribution >= 4 is 57.6 Å². The van der Waals surface area contributed by atoms with Crippen LogP contribution in [-0.4, -0.2) is 58.8 Å². The van der Waals surface area contributed by atoms with Gasteiger partial charge in [-0.05, 0) is 23.2 Å². The van der Waals surface area contributed by atoms with Gasteiger partial charge in [0.25, 0.3) is 10.5 Å². The highest BCUT2D eigenvalue weighted by molar-refractivity contribution is 6.65. The minimum Gasteiger partial charge on any atom is -0.454 e. The first-order chi connectivity index (χ1) is 11.9. The zero-order chi connectivity index (χ0) is 20.6. The molecule has 26 heavy (non-hydrogen) atoms. The van der Waals surface area contributed by atoms with Gasteiger partial charge in [0.15, 0.2) is 12.2 Å². The number of halogens is 2. The summed E-state index contributed by atoms with van der Waals surface area (Å²) in [6.45, 7) is 3.69. The van der Waals surface area contributed by atoms with Gasteiger partial charge in [0.1, 0.15) is 0 Å². The summed E-state index contributed by atoms with van der Waals surface area (Å²) in [6, 6.07) is 0. The normalized spacial score (nSPS) is 14.8. The van der Waals surface area contributed by atoms with Gasteiger partial charge in [-0.3, -0.25) is 28.8 Å². The summed E-state index contributed by atoms with van der Waals surface area (Å²) in [5.74, 6) is -4.01. The molecule has 0 rings (SSSR count). The van der Waals surface area contributed by atoms with Crippen LogP contribution in [0.25, 0.3) is 0 Å². The fourth-order valence-electron chi connectivity index (χ4n) is 1.83. The molecule has 0 radical (unpaired) electrons. The summed E-state index contributed by atoms with van der Waals surface area (Å²) >= 11 is 10.7. The highest BCUT2D eigenvalue weighted by atomic mass is 35.5. The Morgan fingerprint density at radius 3 is 0.923 bits per heavy atom. The van der Waals surface area contributed by atoms with E-state index in [-0.39, 0.29) is 0 Å². The van der Waals surface area contributed by atoms with Gasteiger partial charge in [0.2, 0.25) is 12.2 Å². The Hall–Kier alpha value is -2.20. The number of rotatable bonds is 9. The third kappa shape index (κ3) is 8.26. The molecule has 4 atom stereocenters. The van der Waals surface area contributed by atoms with Gasteiger partial charge in [-0.2, -0.15) is 0 Å². The van der Waals surface area contributed by atoms with Crippen LogP contribution >= 0.6 is 23.2 Å². The monoisotopic (exact) mass is 414 g/mol. The van der Waals surface area contributed by atoms with Crippen LogP contribution in [0.15, 0.2) is 0 Å². The van der Waals surface area contributed by atoms with E-state index in [2.05, 4.69) is 9.47 Å². The Balaban J connectivity index is 6.20. The molecule has 0 aliphatic rings. The number of hydrogen-bond acceptors (Lipinski definition) is 10. The van der Waals surface area contributed by atoms with Crippen LogP contribution in [0.2, 0.25) is 0 Å². The highest BCUT2D eigenvalue weighted by Gasteiger charge is 2.48. The molecule has 0 aromatic rings.